The maximum absolute atomic E-state index is 12.6. The van der Waals surface area contributed by atoms with E-state index in [1.165, 1.54) is 16.0 Å². The fourth-order valence-corrected chi connectivity index (χ4v) is 4.37. The third-order valence-electron chi connectivity index (χ3n) is 6.09. The molecule has 0 bridgehead atoms. The molecule has 3 aliphatic heterocycles. The second-order valence-electron chi connectivity index (χ2n) is 8.47. The van der Waals surface area contributed by atoms with Crippen LogP contribution in [0.5, 0.6) is 0 Å². The number of guanidine groups is 1. The number of likely N-dealkylation sites (N-methyl/N-ethyl adjacent to an activating group) is 1. The molecule has 160 valence electrons. The number of carbonyl (C=O) groups excluding carboxylic acids is 2. The van der Waals surface area contributed by atoms with Crippen molar-refractivity contribution < 1.29 is 9.59 Å². The zero-order chi connectivity index (χ0) is 21.4. The van der Waals surface area contributed by atoms with E-state index < -0.39 is 18.2 Å². The first-order chi connectivity index (χ1) is 14.3. The number of piperazine rings is 1. The van der Waals surface area contributed by atoms with Gasteiger partial charge in [-0.05, 0) is 25.0 Å². The molecule has 1 aromatic rings. The lowest BCUT2D eigenvalue weighted by Gasteiger charge is -2.40. The molecule has 3 amide bonds. The van der Waals surface area contributed by atoms with E-state index in [0.717, 1.165) is 44.3 Å². The number of rotatable bonds is 4. The van der Waals surface area contributed by atoms with Crippen LogP contribution in [0.3, 0.4) is 0 Å². The van der Waals surface area contributed by atoms with Gasteiger partial charge in [-0.2, -0.15) is 0 Å². The van der Waals surface area contributed by atoms with Gasteiger partial charge in [-0.3, -0.25) is 15.0 Å². The SMILES string of the molecule is C=C(C)CN1C(N2CCN(Cc3ccccc3C)CC2)=NC2C1C(=O)NC(=O)N2C. The van der Waals surface area contributed by atoms with Crippen LogP contribution >= 0.6 is 0 Å². The van der Waals surface area contributed by atoms with Gasteiger partial charge in [0.15, 0.2) is 18.2 Å². The lowest BCUT2D eigenvalue weighted by atomic mass is 10.1. The Balaban J connectivity index is 1.48. The Bertz CT molecular complexity index is 889. The summed E-state index contributed by atoms with van der Waals surface area (Å²) in [6.07, 6.45) is -0.495. The van der Waals surface area contributed by atoms with Crippen LogP contribution in [-0.4, -0.2) is 89.5 Å². The van der Waals surface area contributed by atoms with Crippen LogP contribution in [-0.2, 0) is 11.3 Å². The molecule has 2 atom stereocenters. The molecular formula is C22H30N6O2. The van der Waals surface area contributed by atoms with E-state index in [1.54, 1.807) is 7.05 Å². The summed E-state index contributed by atoms with van der Waals surface area (Å²) in [5.41, 5.74) is 3.63. The van der Waals surface area contributed by atoms with Crippen molar-refractivity contribution in [3.05, 3.63) is 47.5 Å². The lowest BCUT2D eigenvalue weighted by Crippen LogP contribution is -2.64. The molecule has 1 aromatic carbocycles. The standard InChI is InChI=1S/C22H30N6O2/c1-15(2)13-28-18-19(25(4)22(30)24-20(18)29)23-21(28)27-11-9-26(10-12-27)14-17-8-6-5-7-16(17)3/h5-8,18-19H,1,9-14H2,2-4H3,(H,24,29,30). The Morgan fingerprint density at radius 1 is 1.20 bits per heavy atom. The minimum Gasteiger partial charge on any atom is -0.340 e. The fourth-order valence-electron chi connectivity index (χ4n) is 4.37. The van der Waals surface area contributed by atoms with Crippen molar-refractivity contribution in [3.8, 4) is 0 Å². The largest absolute Gasteiger partial charge is 0.340 e. The molecule has 0 aliphatic carbocycles. The Morgan fingerprint density at radius 2 is 1.90 bits per heavy atom. The van der Waals surface area contributed by atoms with E-state index in [1.807, 2.05) is 11.8 Å². The number of nitrogens with zero attached hydrogens (tertiary/aromatic N) is 5. The average Bonchev–Trinajstić information content (AvgIpc) is 3.08. The number of carbonyl (C=O) groups is 2. The summed E-state index contributed by atoms with van der Waals surface area (Å²) in [4.78, 5) is 37.7. The Kier molecular flexibility index (Phi) is 5.51. The van der Waals surface area contributed by atoms with Crippen molar-refractivity contribution in [1.82, 2.24) is 24.9 Å². The molecule has 4 rings (SSSR count). The van der Waals surface area contributed by atoms with Gasteiger partial charge in [-0.15, -0.1) is 0 Å². The smallest absolute Gasteiger partial charge is 0.325 e. The quantitative estimate of drug-likeness (QED) is 0.757. The second kappa shape index (κ2) is 8.10. The number of nitrogens with one attached hydrogen (secondary N) is 1. The Morgan fingerprint density at radius 3 is 2.57 bits per heavy atom. The summed E-state index contributed by atoms with van der Waals surface area (Å²) >= 11 is 0. The van der Waals surface area contributed by atoms with Gasteiger partial charge in [0.25, 0.3) is 5.91 Å². The molecule has 0 saturated carbocycles. The van der Waals surface area contributed by atoms with Crippen molar-refractivity contribution in [1.29, 1.82) is 0 Å². The number of fused-ring (bicyclic) bond motifs is 1. The molecule has 0 spiro atoms. The number of hydrogen-bond acceptors (Lipinski definition) is 6. The van der Waals surface area contributed by atoms with Crippen LogP contribution in [0.25, 0.3) is 0 Å². The first-order valence-corrected chi connectivity index (χ1v) is 10.4. The maximum atomic E-state index is 12.6. The summed E-state index contributed by atoms with van der Waals surface area (Å²) in [7, 11) is 1.69. The van der Waals surface area contributed by atoms with Crippen LogP contribution in [0.1, 0.15) is 18.1 Å². The monoisotopic (exact) mass is 410 g/mol. The van der Waals surface area contributed by atoms with E-state index in [9.17, 15) is 9.59 Å². The Hall–Kier alpha value is -2.87. The molecule has 1 N–H and O–H groups in total. The highest BCUT2D eigenvalue weighted by Crippen LogP contribution is 2.27. The molecule has 2 unspecified atom stereocenters. The molecule has 8 heteroatoms. The van der Waals surface area contributed by atoms with E-state index in [-0.39, 0.29) is 5.91 Å². The summed E-state index contributed by atoms with van der Waals surface area (Å²) in [6.45, 7) is 13.1. The highest BCUT2D eigenvalue weighted by Gasteiger charge is 2.49. The molecule has 2 fully saturated rings. The third kappa shape index (κ3) is 3.79. The second-order valence-corrected chi connectivity index (χ2v) is 8.47. The normalized spacial score (nSPS) is 24.6. The van der Waals surface area contributed by atoms with E-state index in [2.05, 4.69) is 52.9 Å². The zero-order valence-electron chi connectivity index (χ0n) is 18.0. The van der Waals surface area contributed by atoms with Gasteiger partial charge < -0.3 is 14.7 Å². The summed E-state index contributed by atoms with van der Waals surface area (Å²) in [5, 5.41) is 2.44. The van der Waals surface area contributed by atoms with Gasteiger partial charge in [0.2, 0.25) is 0 Å². The zero-order valence-corrected chi connectivity index (χ0v) is 18.0. The van der Waals surface area contributed by atoms with Gasteiger partial charge in [0.05, 0.1) is 0 Å². The summed E-state index contributed by atoms with van der Waals surface area (Å²) in [5.74, 6) is 0.501. The number of amides is 3. The van der Waals surface area contributed by atoms with Gasteiger partial charge >= 0.3 is 6.03 Å². The van der Waals surface area contributed by atoms with E-state index >= 15 is 0 Å². The third-order valence-corrected chi connectivity index (χ3v) is 6.09. The maximum Gasteiger partial charge on any atom is 0.325 e. The van der Waals surface area contributed by atoms with Crippen LogP contribution in [0.2, 0.25) is 0 Å². The first-order valence-electron chi connectivity index (χ1n) is 10.4. The molecular weight excluding hydrogens is 380 g/mol. The predicted octanol–water partition coefficient (Wildman–Crippen LogP) is 1.24. The van der Waals surface area contributed by atoms with Crippen molar-refractivity contribution in [3.63, 3.8) is 0 Å². The number of urea groups is 1. The van der Waals surface area contributed by atoms with Gasteiger partial charge in [0, 0.05) is 46.3 Å². The lowest BCUT2D eigenvalue weighted by molar-refractivity contribution is -0.127. The fraction of sp³-hybridized carbons (Fsp3) is 0.500. The Labute approximate surface area is 177 Å². The average molecular weight is 411 g/mol. The molecule has 3 aliphatic rings. The molecule has 0 aromatic heterocycles. The topological polar surface area (TPSA) is 71.5 Å². The number of hydrogen-bond donors (Lipinski definition) is 1. The summed E-state index contributed by atoms with van der Waals surface area (Å²) in [6, 6.07) is 7.59. The number of imide groups is 1. The van der Waals surface area contributed by atoms with Gasteiger partial charge in [-0.1, -0.05) is 36.4 Å². The van der Waals surface area contributed by atoms with Crippen LogP contribution < -0.4 is 5.32 Å². The molecule has 8 nitrogen and oxygen atoms in total. The highest BCUT2D eigenvalue weighted by atomic mass is 16.2. The van der Waals surface area contributed by atoms with E-state index in [0.29, 0.717) is 6.54 Å². The van der Waals surface area contributed by atoms with Gasteiger partial charge in [0.1, 0.15) is 0 Å². The van der Waals surface area contributed by atoms with Gasteiger partial charge in [-0.25, -0.2) is 9.79 Å². The minimum atomic E-state index is -0.510. The van der Waals surface area contributed by atoms with Crippen molar-refractivity contribution in [2.45, 2.75) is 32.6 Å². The number of aliphatic imine (C=N–C) groups is 1. The first kappa shape index (κ1) is 20.4. The number of benzene rings is 1. The van der Waals surface area contributed by atoms with E-state index in [4.69, 9.17) is 4.99 Å². The summed E-state index contributed by atoms with van der Waals surface area (Å²) < 4.78 is 0. The minimum absolute atomic E-state index is 0.290. The van der Waals surface area contributed by atoms with Crippen LogP contribution in [0.15, 0.2) is 41.4 Å². The van der Waals surface area contributed by atoms with Crippen molar-refractivity contribution in [2.24, 2.45) is 4.99 Å². The highest BCUT2D eigenvalue weighted by molar-refractivity contribution is 6.03. The predicted molar refractivity (Wildman–Crippen MR) is 116 cm³/mol. The molecule has 3 heterocycles. The van der Waals surface area contributed by atoms with Crippen LogP contribution in [0.4, 0.5) is 4.79 Å². The molecule has 2 saturated heterocycles. The molecule has 30 heavy (non-hydrogen) atoms. The number of aryl methyl sites for hydroxylation is 1. The van der Waals surface area contributed by atoms with Crippen molar-refractivity contribution >= 4 is 17.9 Å². The van der Waals surface area contributed by atoms with Crippen molar-refractivity contribution in [2.75, 3.05) is 39.8 Å². The molecule has 0 radical (unpaired) electrons. The van der Waals surface area contributed by atoms with Crippen LogP contribution in [0, 0.1) is 6.92 Å².